The summed E-state index contributed by atoms with van der Waals surface area (Å²) in [6.07, 6.45) is 18.6. The Hall–Kier alpha value is 0.466. The van der Waals surface area contributed by atoms with Gasteiger partial charge in [-0.3, -0.25) is 15.0 Å². The van der Waals surface area contributed by atoms with Crippen molar-refractivity contribution in [2.24, 2.45) is 0 Å². The summed E-state index contributed by atoms with van der Waals surface area (Å²) < 4.78 is 39.3. The molecule has 6 heterocycles. The maximum Gasteiger partial charge on any atom is 1.00 e. The molecule has 65 heavy (non-hydrogen) atoms. The van der Waals surface area contributed by atoms with Crippen molar-refractivity contribution in [2.75, 3.05) is 0 Å². The van der Waals surface area contributed by atoms with Crippen LogP contribution >= 0.6 is 47.8 Å². The number of pyridine rings is 3. The average molecular weight is 1120 g/mol. The van der Waals surface area contributed by atoms with E-state index in [0.717, 1.165) is 37.6 Å². The third kappa shape index (κ3) is 15.2. The molecule has 3 aromatic rings. The van der Waals surface area contributed by atoms with E-state index in [1.165, 1.54) is 53.5 Å². The van der Waals surface area contributed by atoms with Crippen molar-refractivity contribution in [3.63, 3.8) is 0 Å². The molecule has 11 nitrogen and oxygen atoms in total. The van der Waals surface area contributed by atoms with Crippen LogP contribution in [-0.2, 0) is 27.9 Å². The Morgan fingerprint density at radius 2 is 0.815 bits per heavy atom. The SMILES string of the molecule is C.CC1(C)OB(B2OC(C)(C)C(C)(C)O2)OC1(C)C.Cc1c(B2OC(C)(C)C(C)(C)O2)cncc1C1CC1.Cc1c(Br)cncc1Br.Cc1c(Br)cncc1C1CC1.OB(O)C1CC1.[H-].[K+]. The first-order valence-electron chi connectivity index (χ1n) is 22.2. The number of hydrogen-bond acceptors (Lipinski definition) is 11. The Bertz CT molecular complexity index is 1960. The van der Waals surface area contributed by atoms with Crippen molar-refractivity contribution >= 4 is 81.5 Å². The van der Waals surface area contributed by atoms with Crippen LogP contribution in [0.15, 0.2) is 50.6 Å². The second-order valence-electron chi connectivity index (χ2n) is 20.6. The summed E-state index contributed by atoms with van der Waals surface area (Å²) in [4.78, 5) is 12.5. The molecule has 6 fully saturated rings. The minimum Gasteiger partial charge on any atom is -1.00 e. The third-order valence-corrected chi connectivity index (χ3v) is 16.3. The molecule has 0 unspecified atom stereocenters. The van der Waals surface area contributed by atoms with E-state index >= 15 is 0 Å². The fraction of sp³-hybridized carbons (Fsp3) is 0.674. The molecule has 9 rings (SSSR count). The predicted octanol–water partition coefficient (Wildman–Crippen LogP) is 8.14. The second kappa shape index (κ2) is 23.3. The fourth-order valence-corrected chi connectivity index (χ4v) is 8.04. The molecule has 3 aliphatic carbocycles. The van der Waals surface area contributed by atoms with E-state index in [1.54, 1.807) is 12.4 Å². The minimum absolute atomic E-state index is 0. The van der Waals surface area contributed by atoms with E-state index in [9.17, 15) is 0 Å². The van der Waals surface area contributed by atoms with Crippen molar-refractivity contribution < 1.29 is 90.8 Å². The normalized spacial score (nSPS) is 22.2. The van der Waals surface area contributed by atoms with Crippen molar-refractivity contribution in [2.45, 2.75) is 201 Å². The molecule has 0 spiro atoms. The minimum atomic E-state index is -1.04. The van der Waals surface area contributed by atoms with E-state index in [2.05, 4.69) is 104 Å². The van der Waals surface area contributed by atoms with E-state index in [4.69, 9.17) is 38.0 Å². The van der Waals surface area contributed by atoms with Crippen LogP contribution in [-0.4, -0.2) is 86.9 Å². The summed E-state index contributed by atoms with van der Waals surface area (Å²) >= 11 is 10.2. The molecule has 0 radical (unpaired) electrons. The molecule has 354 valence electrons. The van der Waals surface area contributed by atoms with Gasteiger partial charge < -0.3 is 39.4 Å². The Morgan fingerprint density at radius 1 is 0.508 bits per heavy atom. The van der Waals surface area contributed by atoms with Gasteiger partial charge in [-0.25, -0.2) is 0 Å². The number of aromatic nitrogens is 3. The van der Waals surface area contributed by atoms with E-state index in [-0.39, 0.29) is 107 Å². The average Bonchev–Trinajstić information content (AvgIpc) is 4.03. The molecule has 3 aromatic heterocycles. The monoisotopic (exact) mass is 1120 g/mol. The number of rotatable bonds is 5. The van der Waals surface area contributed by atoms with Crippen LogP contribution in [0.1, 0.15) is 170 Å². The van der Waals surface area contributed by atoms with E-state index in [0.29, 0.717) is 5.92 Å². The van der Waals surface area contributed by atoms with Gasteiger partial charge in [-0.1, -0.05) is 20.3 Å². The number of halogens is 3. The van der Waals surface area contributed by atoms with Crippen LogP contribution in [0.5, 0.6) is 0 Å². The van der Waals surface area contributed by atoms with Gasteiger partial charge in [-0.05, 0) is 223 Å². The predicted molar refractivity (Wildman–Crippen MR) is 273 cm³/mol. The standard InChI is InChI=1S/C15H22BNO2.C12H24B2O4.C9H10BrN.C6H5Br2N.C3H7BO2.CH4.K.H/c1-10-12(11-6-7-11)8-17-9-13(10)16-18-14(2,3)15(4,5)19-16;1-9(2)10(3,4)16-13(15-9)14-17-11(5,6)12(7,8)18-14;1-6-8(7-2-3-7)4-11-5-9(6)10;1-4-5(7)2-9-3-6(4)8;5-4(6)3-1-2-3;;;/h8-9,11H,6-7H2,1-5H3;1-8H3;4-5,7H,2-3H2,1H3;2-3H,1H3;3,5-6H,1-2H2;1H4;;/q;;;;;;+1;-1. The summed E-state index contributed by atoms with van der Waals surface area (Å²) in [7, 11) is -2.28. The summed E-state index contributed by atoms with van der Waals surface area (Å²) in [6, 6.07) is 0. The molecule has 3 aliphatic heterocycles. The summed E-state index contributed by atoms with van der Waals surface area (Å²) in [6.45, 7) is 30.9. The zero-order valence-electron chi connectivity index (χ0n) is 42.1. The van der Waals surface area contributed by atoms with Crippen molar-refractivity contribution in [3.05, 3.63) is 78.4 Å². The second-order valence-corrected chi connectivity index (χ2v) is 23.2. The van der Waals surface area contributed by atoms with Gasteiger partial charge in [0.25, 0.3) is 0 Å². The van der Waals surface area contributed by atoms with Crippen LogP contribution in [0.25, 0.3) is 0 Å². The zero-order chi connectivity index (χ0) is 47.1. The Balaban J connectivity index is 0.000000295. The van der Waals surface area contributed by atoms with Gasteiger partial charge in [0.2, 0.25) is 0 Å². The smallest absolute Gasteiger partial charge is 1.00 e. The topological polar surface area (TPSA) is 135 Å². The maximum atomic E-state index is 8.25. The van der Waals surface area contributed by atoms with E-state index < -0.39 is 21.1 Å². The quantitative estimate of drug-likeness (QED) is 0.240. The molecular formula is C46H73B4Br3KN3O8. The fourth-order valence-electron chi connectivity index (χ4n) is 6.76. The van der Waals surface area contributed by atoms with Crippen LogP contribution in [0.2, 0.25) is 5.82 Å². The van der Waals surface area contributed by atoms with Gasteiger partial charge >= 0.3 is 79.6 Å². The molecular weight excluding hydrogens is 1040 g/mol. The van der Waals surface area contributed by atoms with Crippen molar-refractivity contribution in [1.82, 2.24) is 15.0 Å². The van der Waals surface area contributed by atoms with Gasteiger partial charge in [-0.15, -0.1) is 0 Å². The molecule has 3 saturated heterocycles. The molecule has 2 N–H and O–H groups in total. The summed E-state index contributed by atoms with van der Waals surface area (Å²) in [5.41, 5.74) is 5.70. The molecule has 0 aromatic carbocycles. The van der Waals surface area contributed by atoms with Crippen molar-refractivity contribution in [3.8, 4) is 0 Å². The van der Waals surface area contributed by atoms with Crippen LogP contribution < -0.4 is 56.8 Å². The number of nitrogens with zero attached hydrogens (tertiary/aromatic N) is 3. The summed E-state index contributed by atoms with van der Waals surface area (Å²) in [5, 5.41) is 16.5. The first-order valence-corrected chi connectivity index (χ1v) is 24.6. The van der Waals surface area contributed by atoms with Gasteiger partial charge in [0.15, 0.2) is 0 Å². The first-order chi connectivity index (χ1) is 29.0. The first kappa shape index (κ1) is 59.8. The van der Waals surface area contributed by atoms with Crippen LogP contribution in [0, 0.1) is 20.8 Å². The van der Waals surface area contributed by atoms with Crippen molar-refractivity contribution in [1.29, 1.82) is 0 Å². The van der Waals surface area contributed by atoms with Gasteiger partial charge in [-0.2, -0.15) is 0 Å². The Morgan fingerprint density at radius 3 is 1.12 bits per heavy atom. The van der Waals surface area contributed by atoms with E-state index in [1.807, 2.05) is 87.1 Å². The molecule has 0 amide bonds. The molecule has 0 atom stereocenters. The Labute approximate surface area is 461 Å². The zero-order valence-corrected chi connectivity index (χ0v) is 48.9. The van der Waals surface area contributed by atoms with Gasteiger partial charge in [0, 0.05) is 56.1 Å². The molecule has 3 saturated carbocycles. The Kier molecular flexibility index (Phi) is 21.5. The third-order valence-electron chi connectivity index (χ3n) is 13.9. The van der Waals surface area contributed by atoms with Gasteiger partial charge in [0.1, 0.15) is 0 Å². The molecule has 19 heteroatoms. The summed E-state index contributed by atoms with van der Waals surface area (Å²) in [5.74, 6) is 1.72. The molecule has 0 bridgehead atoms. The largest absolute Gasteiger partial charge is 1.00 e. The van der Waals surface area contributed by atoms with Crippen LogP contribution in [0.3, 0.4) is 0 Å². The number of hydrogen-bond donors (Lipinski definition) is 2. The van der Waals surface area contributed by atoms with Gasteiger partial charge in [0.05, 0.1) is 33.6 Å². The van der Waals surface area contributed by atoms with Crippen LogP contribution in [0.4, 0.5) is 0 Å². The maximum absolute atomic E-state index is 8.25. The molecule has 6 aliphatic rings.